The molecule has 3 rings (SSSR count). The molecule has 1 saturated heterocycles. The first-order valence-electron chi connectivity index (χ1n) is 7.43. The lowest BCUT2D eigenvalue weighted by Gasteiger charge is -2.38. The molecular weight excluding hydrogens is 345 g/mol. The smallest absolute Gasteiger partial charge is 0.314 e. The minimum atomic E-state index is -0.266. The Balaban J connectivity index is 0.00000121. The molecule has 1 aromatic rings. The van der Waals surface area contributed by atoms with E-state index in [9.17, 15) is 10.1 Å². The van der Waals surface area contributed by atoms with Gasteiger partial charge in [0.1, 0.15) is 0 Å². The molecule has 1 aliphatic carbocycles. The van der Waals surface area contributed by atoms with Crippen molar-refractivity contribution in [2.24, 2.45) is 5.92 Å². The van der Waals surface area contributed by atoms with E-state index in [1.807, 2.05) is 5.38 Å². The summed E-state index contributed by atoms with van der Waals surface area (Å²) in [6.45, 7) is 4.14. The van der Waals surface area contributed by atoms with Gasteiger partial charge in [0.25, 0.3) is 0 Å². The van der Waals surface area contributed by atoms with E-state index in [1.165, 1.54) is 37.0 Å². The summed E-state index contributed by atoms with van der Waals surface area (Å²) in [6, 6.07) is 2.18. The number of nitro groups is 1. The van der Waals surface area contributed by atoms with Gasteiger partial charge in [0.2, 0.25) is 0 Å². The molecule has 0 unspecified atom stereocenters. The highest BCUT2D eigenvalue weighted by Crippen LogP contribution is 2.41. The molecule has 1 aromatic heterocycles. The lowest BCUT2D eigenvalue weighted by Crippen LogP contribution is -2.46. The summed E-state index contributed by atoms with van der Waals surface area (Å²) in [4.78, 5) is 13.2. The maximum atomic E-state index is 10.9. The number of hydrogen-bond acceptors (Lipinski definition) is 5. The topological polar surface area (TPSA) is 58.4 Å². The van der Waals surface area contributed by atoms with Gasteiger partial charge in [0.05, 0.1) is 4.92 Å². The average molecular weight is 368 g/mol. The number of piperazine rings is 1. The number of rotatable bonds is 4. The molecule has 2 heterocycles. The monoisotopic (exact) mass is 367 g/mol. The summed E-state index contributed by atoms with van der Waals surface area (Å²) in [5.74, 6) is 0.669. The second kappa shape index (κ2) is 9.03. The van der Waals surface area contributed by atoms with Crippen molar-refractivity contribution in [3.8, 4) is 0 Å². The Morgan fingerprint density at radius 2 is 1.91 bits per heavy atom. The highest BCUT2D eigenvalue weighted by atomic mass is 35.5. The van der Waals surface area contributed by atoms with Crippen molar-refractivity contribution in [3.63, 3.8) is 0 Å². The van der Waals surface area contributed by atoms with E-state index in [4.69, 9.17) is 0 Å². The van der Waals surface area contributed by atoms with Crippen LogP contribution in [-0.4, -0.2) is 36.0 Å². The zero-order chi connectivity index (χ0) is 13.9. The predicted molar refractivity (Wildman–Crippen MR) is 94.6 cm³/mol. The second-order valence-electron chi connectivity index (χ2n) is 5.75. The number of thiophene rings is 1. The third kappa shape index (κ3) is 4.32. The summed E-state index contributed by atoms with van der Waals surface area (Å²) in [7, 11) is 0. The first kappa shape index (κ1) is 19.6. The Kier molecular flexibility index (Phi) is 8.07. The Bertz CT molecular complexity index is 474. The molecular formula is C14H23Cl2N3O2S. The molecule has 2 aliphatic rings. The normalized spacial score (nSPS) is 20.9. The van der Waals surface area contributed by atoms with Crippen LogP contribution >= 0.6 is 36.2 Å². The fourth-order valence-electron chi connectivity index (χ4n) is 3.60. The Morgan fingerprint density at radius 3 is 2.45 bits per heavy atom. The second-order valence-corrected chi connectivity index (χ2v) is 6.64. The molecule has 22 heavy (non-hydrogen) atoms. The van der Waals surface area contributed by atoms with Crippen molar-refractivity contribution < 1.29 is 4.92 Å². The summed E-state index contributed by atoms with van der Waals surface area (Å²) in [5.41, 5.74) is 1.16. The van der Waals surface area contributed by atoms with E-state index in [-0.39, 0.29) is 34.7 Å². The molecule has 1 atom stereocenters. The van der Waals surface area contributed by atoms with E-state index in [2.05, 4.69) is 10.2 Å². The van der Waals surface area contributed by atoms with Crippen LogP contribution in [0.4, 0.5) is 5.00 Å². The molecule has 126 valence electrons. The van der Waals surface area contributed by atoms with Crippen molar-refractivity contribution in [3.05, 3.63) is 27.1 Å². The van der Waals surface area contributed by atoms with Crippen molar-refractivity contribution in [2.75, 3.05) is 26.2 Å². The number of nitrogens with zero attached hydrogens (tertiary/aromatic N) is 2. The third-order valence-electron chi connectivity index (χ3n) is 4.52. The van der Waals surface area contributed by atoms with Crippen LogP contribution in [0, 0.1) is 16.0 Å². The Morgan fingerprint density at radius 1 is 1.27 bits per heavy atom. The summed E-state index contributed by atoms with van der Waals surface area (Å²) in [5, 5.41) is 16.6. The quantitative estimate of drug-likeness (QED) is 0.651. The standard InChI is InChI=1S/C14H21N3O2S.2ClH/c18-17(19)13-9-12(10-20-13)14(11-3-1-2-4-11)16-7-5-15-6-8-16;;/h9-11,14-15H,1-8H2;2*1H/t14-;;/m1../s1. The maximum Gasteiger partial charge on any atom is 0.324 e. The van der Waals surface area contributed by atoms with Gasteiger partial charge in [0.15, 0.2) is 0 Å². The van der Waals surface area contributed by atoms with Gasteiger partial charge in [-0.05, 0) is 24.3 Å². The predicted octanol–water partition coefficient (Wildman–Crippen LogP) is 3.64. The molecule has 1 aliphatic heterocycles. The zero-order valence-corrected chi connectivity index (χ0v) is 14.9. The molecule has 0 bridgehead atoms. The highest BCUT2D eigenvalue weighted by Gasteiger charge is 2.33. The summed E-state index contributed by atoms with van der Waals surface area (Å²) < 4.78 is 0. The van der Waals surface area contributed by atoms with Gasteiger partial charge in [-0.25, -0.2) is 0 Å². The van der Waals surface area contributed by atoms with Crippen LogP contribution in [0.5, 0.6) is 0 Å². The van der Waals surface area contributed by atoms with Crippen LogP contribution in [0.3, 0.4) is 0 Å². The van der Waals surface area contributed by atoms with Crippen LogP contribution in [0.15, 0.2) is 11.4 Å². The van der Waals surface area contributed by atoms with Gasteiger partial charge in [-0.1, -0.05) is 24.2 Å². The summed E-state index contributed by atoms with van der Waals surface area (Å²) in [6.07, 6.45) is 5.13. The number of nitrogens with one attached hydrogen (secondary N) is 1. The zero-order valence-electron chi connectivity index (χ0n) is 12.4. The van der Waals surface area contributed by atoms with Crippen molar-refractivity contribution in [1.29, 1.82) is 0 Å². The lowest BCUT2D eigenvalue weighted by atomic mass is 9.91. The Hall–Kier alpha value is -0.400. The fraction of sp³-hybridized carbons (Fsp3) is 0.714. The van der Waals surface area contributed by atoms with Crippen LogP contribution < -0.4 is 5.32 Å². The fourth-order valence-corrected chi connectivity index (χ4v) is 4.36. The van der Waals surface area contributed by atoms with Gasteiger partial charge in [-0.2, -0.15) is 0 Å². The Labute approximate surface area is 147 Å². The highest BCUT2D eigenvalue weighted by molar-refractivity contribution is 7.13. The lowest BCUT2D eigenvalue weighted by molar-refractivity contribution is -0.380. The molecule has 0 spiro atoms. The molecule has 8 heteroatoms. The van der Waals surface area contributed by atoms with Gasteiger partial charge in [-0.3, -0.25) is 15.0 Å². The minimum absolute atomic E-state index is 0. The molecule has 5 nitrogen and oxygen atoms in total. The van der Waals surface area contributed by atoms with Crippen LogP contribution in [0.1, 0.15) is 37.3 Å². The van der Waals surface area contributed by atoms with Crippen molar-refractivity contribution >= 4 is 41.2 Å². The van der Waals surface area contributed by atoms with Crippen molar-refractivity contribution in [1.82, 2.24) is 10.2 Å². The van der Waals surface area contributed by atoms with Gasteiger partial charge in [0, 0.05) is 43.7 Å². The molecule has 2 fully saturated rings. The van der Waals surface area contributed by atoms with E-state index in [0.717, 1.165) is 31.7 Å². The van der Waals surface area contributed by atoms with Crippen LogP contribution in [0.2, 0.25) is 0 Å². The molecule has 0 radical (unpaired) electrons. The SMILES string of the molecule is Cl.Cl.O=[N+]([O-])c1cc([C@@H](C2CCCC2)N2CCNCC2)cs1. The molecule has 1 N–H and O–H groups in total. The van der Waals surface area contributed by atoms with Crippen LogP contribution in [-0.2, 0) is 0 Å². The maximum absolute atomic E-state index is 10.9. The van der Waals surface area contributed by atoms with E-state index < -0.39 is 0 Å². The molecule has 0 aromatic carbocycles. The minimum Gasteiger partial charge on any atom is -0.314 e. The molecule has 1 saturated carbocycles. The van der Waals surface area contributed by atoms with Gasteiger partial charge in [-0.15, -0.1) is 24.8 Å². The van der Waals surface area contributed by atoms with Gasteiger partial charge < -0.3 is 5.32 Å². The number of hydrogen-bond donors (Lipinski definition) is 1. The first-order chi connectivity index (χ1) is 9.75. The molecule has 0 amide bonds. The van der Waals surface area contributed by atoms with E-state index in [1.54, 1.807) is 6.07 Å². The third-order valence-corrected chi connectivity index (χ3v) is 5.42. The summed E-state index contributed by atoms with van der Waals surface area (Å²) >= 11 is 1.27. The van der Waals surface area contributed by atoms with Gasteiger partial charge >= 0.3 is 5.00 Å². The van der Waals surface area contributed by atoms with Crippen LogP contribution in [0.25, 0.3) is 0 Å². The van der Waals surface area contributed by atoms with E-state index in [0.29, 0.717) is 12.0 Å². The average Bonchev–Trinajstić information content (AvgIpc) is 3.12. The largest absolute Gasteiger partial charge is 0.324 e. The first-order valence-corrected chi connectivity index (χ1v) is 8.31. The van der Waals surface area contributed by atoms with Crippen molar-refractivity contribution in [2.45, 2.75) is 31.7 Å². The number of halogens is 2. The van der Waals surface area contributed by atoms with E-state index >= 15 is 0 Å².